The molecule has 3 aromatic rings. The molecule has 0 saturated heterocycles. The van der Waals surface area contributed by atoms with Crippen molar-refractivity contribution in [2.75, 3.05) is 5.32 Å². The quantitative estimate of drug-likeness (QED) is 0.373. The highest BCUT2D eigenvalue weighted by Gasteiger charge is 2.19. The Bertz CT molecular complexity index is 1190. The molecule has 148 valence electrons. The van der Waals surface area contributed by atoms with E-state index in [0.717, 1.165) is 11.6 Å². The van der Waals surface area contributed by atoms with Gasteiger partial charge < -0.3 is 9.50 Å². The minimum absolute atomic E-state index is 0.187. The molecule has 0 bridgehead atoms. The molecule has 3 aromatic carbocycles. The summed E-state index contributed by atoms with van der Waals surface area (Å²) in [4.78, 5) is 22.3. The van der Waals surface area contributed by atoms with E-state index in [0.29, 0.717) is 5.56 Å². The van der Waals surface area contributed by atoms with Crippen LogP contribution in [0.4, 0.5) is 11.4 Å². The van der Waals surface area contributed by atoms with Crippen molar-refractivity contribution in [3.8, 4) is 5.75 Å². The second kappa shape index (κ2) is 8.11. The molecule has 0 saturated carbocycles. The number of carbonyl (C=O) groups is 1. The first kappa shape index (κ1) is 20.0. The van der Waals surface area contributed by atoms with Gasteiger partial charge >= 0.3 is 10.1 Å². The van der Waals surface area contributed by atoms with Crippen LogP contribution in [0.15, 0.2) is 77.7 Å². The third-order valence-corrected chi connectivity index (χ3v) is 5.14. The standard InChI is InChI=1S/C20H16N2O6S/c1-14-5-2-6-15(11-14)20(23)21-16-7-3-10-19(12-16)29(26,27)28-18-9-4-8-17(13-18)22(24)25/h2-13H,1H3,(H,21,23). The van der Waals surface area contributed by atoms with Crippen LogP contribution in [0.2, 0.25) is 0 Å². The maximum atomic E-state index is 12.5. The van der Waals surface area contributed by atoms with Crippen molar-refractivity contribution >= 4 is 27.4 Å². The van der Waals surface area contributed by atoms with Gasteiger partial charge in [-0.25, -0.2) is 0 Å². The van der Waals surface area contributed by atoms with Gasteiger partial charge in [-0.3, -0.25) is 14.9 Å². The maximum absolute atomic E-state index is 12.5. The van der Waals surface area contributed by atoms with Crippen LogP contribution < -0.4 is 9.50 Å². The van der Waals surface area contributed by atoms with Crippen molar-refractivity contribution in [1.29, 1.82) is 0 Å². The van der Waals surface area contributed by atoms with E-state index in [-0.39, 0.29) is 27.9 Å². The summed E-state index contributed by atoms with van der Waals surface area (Å²) in [6, 6.07) is 17.4. The molecule has 9 heteroatoms. The van der Waals surface area contributed by atoms with Crippen molar-refractivity contribution in [1.82, 2.24) is 0 Å². The van der Waals surface area contributed by atoms with E-state index in [2.05, 4.69) is 5.32 Å². The van der Waals surface area contributed by atoms with Gasteiger partial charge in [-0.2, -0.15) is 8.42 Å². The Morgan fingerprint density at radius 1 is 1.00 bits per heavy atom. The van der Waals surface area contributed by atoms with Gasteiger partial charge in [0.15, 0.2) is 0 Å². The molecule has 0 aliphatic carbocycles. The summed E-state index contributed by atoms with van der Waals surface area (Å²) in [5.74, 6) is -0.573. The minimum Gasteiger partial charge on any atom is -0.379 e. The van der Waals surface area contributed by atoms with Crippen molar-refractivity contribution < 1.29 is 22.3 Å². The Kier molecular flexibility index (Phi) is 5.60. The smallest absolute Gasteiger partial charge is 0.339 e. The molecule has 0 fully saturated rings. The largest absolute Gasteiger partial charge is 0.379 e. The topological polar surface area (TPSA) is 116 Å². The monoisotopic (exact) mass is 412 g/mol. The van der Waals surface area contributed by atoms with E-state index in [4.69, 9.17) is 4.18 Å². The number of hydrogen-bond donors (Lipinski definition) is 1. The molecule has 0 aromatic heterocycles. The molecule has 0 heterocycles. The fourth-order valence-electron chi connectivity index (χ4n) is 2.54. The van der Waals surface area contributed by atoms with Gasteiger partial charge in [-0.1, -0.05) is 29.8 Å². The van der Waals surface area contributed by atoms with Crippen LogP contribution in [-0.2, 0) is 10.1 Å². The number of anilines is 1. The van der Waals surface area contributed by atoms with Crippen LogP contribution in [0, 0.1) is 17.0 Å². The molecule has 1 amide bonds. The zero-order valence-electron chi connectivity index (χ0n) is 15.2. The van der Waals surface area contributed by atoms with Crippen molar-refractivity contribution in [2.24, 2.45) is 0 Å². The molecule has 0 aliphatic rings. The van der Waals surface area contributed by atoms with Crippen LogP contribution in [0.3, 0.4) is 0 Å². The Labute approximate surface area is 167 Å². The first-order valence-electron chi connectivity index (χ1n) is 8.42. The lowest BCUT2D eigenvalue weighted by Gasteiger charge is -2.10. The third-order valence-electron chi connectivity index (χ3n) is 3.90. The van der Waals surface area contributed by atoms with E-state index in [9.17, 15) is 23.3 Å². The second-order valence-corrected chi connectivity index (χ2v) is 7.69. The van der Waals surface area contributed by atoms with Crippen LogP contribution >= 0.6 is 0 Å². The fraction of sp³-hybridized carbons (Fsp3) is 0.0500. The van der Waals surface area contributed by atoms with E-state index < -0.39 is 15.0 Å². The van der Waals surface area contributed by atoms with Gasteiger partial charge in [0.05, 0.1) is 11.0 Å². The number of hydrogen-bond acceptors (Lipinski definition) is 6. The predicted octanol–water partition coefficient (Wildman–Crippen LogP) is 3.92. The minimum atomic E-state index is -4.26. The number of nitrogens with zero attached hydrogens (tertiary/aromatic N) is 1. The number of rotatable bonds is 6. The number of nitrogens with one attached hydrogen (secondary N) is 1. The number of nitro benzene ring substituents is 1. The van der Waals surface area contributed by atoms with Gasteiger partial charge in [0.1, 0.15) is 10.6 Å². The summed E-state index contributed by atoms with van der Waals surface area (Å²) in [6.07, 6.45) is 0. The average Bonchev–Trinajstić information content (AvgIpc) is 2.68. The summed E-state index contributed by atoms with van der Waals surface area (Å²) in [6.45, 7) is 1.86. The molecule has 29 heavy (non-hydrogen) atoms. The highest BCUT2D eigenvalue weighted by Crippen LogP contribution is 2.24. The van der Waals surface area contributed by atoms with Crippen LogP contribution in [-0.4, -0.2) is 19.2 Å². The Morgan fingerprint density at radius 3 is 2.45 bits per heavy atom. The number of nitro groups is 1. The average molecular weight is 412 g/mol. The first-order chi connectivity index (χ1) is 13.7. The van der Waals surface area contributed by atoms with Crippen molar-refractivity contribution in [2.45, 2.75) is 11.8 Å². The molecular weight excluding hydrogens is 396 g/mol. The van der Waals surface area contributed by atoms with E-state index in [1.807, 2.05) is 13.0 Å². The molecule has 0 unspecified atom stereocenters. The normalized spacial score (nSPS) is 10.9. The number of non-ortho nitro benzene ring substituents is 1. The van der Waals surface area contributed by atoms with Gasteiger partial charge in [0, 0.05) is 17.3 Å². The Balaban J connectivity index is 1.81. The number of aryl methyl sites for hydroxylation is 1. The number of carbonyl (C=O) groups excluding carboxylic acids is 1. The Hall–Kier alpha value is -3.72. The summed E-state index contributed by atoms with van der Waals surface area (Å²) in [5.41, 5.74) is 1.32. The molecule has 0 radical (unpaired) electrons. The number of amides is 1. The van der Waals surface area contributed by atoms with Gasteiger partial charge in [-0.05, 0) is 43.3 Å². The molecule has 1 N–H and O–H groups in total. The first-order valence-corrected chi connectivity index (χ1v) is 9.82. The predicted molar refractivity (Wildman–Crippen MR) is 106 cm³/mol. The van der Waals surface area contributed by atoms with Crippen LogP contribution in [0.5, 0.6) is 5.75 Å². The summed E-state index contributed by atoms with van der Waals surface area (Å²) in [5, 5.41) is 13.5. The SMILES string of the molecule is Cc1cccc(C(=O)Nc2cccc(S(=O)(=O)Oc3cccc([N+](=O)[O-])c3)c2)c1. The fourth-order valence-corrected chi connectivity index (χ4v) is 3.51. The lowest BCUT2D eigenvalue weighted by atomic mass is 10.1. The number of benzene rings is 3. The Morgan fingerprint density at radius 2 is 1.72 bits per heavy atom. The van der Waals surface area contributed by atoms with Gasteiger partial charge in [0.25, 0.3) is 11.6 Å². The molecule has 3 rings (SSSR count). The summed E-state index contributed by atoms with van der Waals surface area (Å²) in [7, 11) is -4.26. The molecule has 8 nitrogen and oxygen atoms in total. The van der Waals surface area contributed by atoms with E-state index >= 15 is 0 Å². The van der Waals surface area contributed by atoms with E-state index in [1.165, 1.54) is 36.4 Å². The van der Waals surface area contributed by atoms with Crippen molar-refractivity contribution in [3.63, 3.8) is 0 Å². The summed E-state index contributed by atoms with van der Waals surface area (Å²) < 4.78 is 30.1. The molecule has 0 atom stereocenters. The highest BCUT2D eigenvalue weighted by molar-refractivity contribution is 7.87. The van der Waals surface area contributed by atoms with E-state index in [1.54, 1.807) is 24.3 Å². The lowest BCUT2D eigenvalue weighted by molar-refractivity contribution is -0.384. The molecule has 0 aliphatic heterocycles. The maximum Gasteiger partial charge on any atom is 0.339 e. The van der Waals surface area contributed by atoms with Gasteiger partial charge in [0.2, 0.25) is 0 Å². The second-order valence-electron chi connectivity index (χ2n) is 6.14. The highest BCUT2D eigenvalue weighted by atomic mass is 32.2. The lowest BCUT2D eigenvalue weighted by Crippen LogP contribution is -2.14. The van der Waals surface area contributed by atoms with Gasteiger partial charge in [-0.15, -0.1) is 0 Å². The third kappa shape index (κ3) is 4.96. The van der Waals surface area contributed by atoms with Crippen LogP contribution in [0.1, 0.15) is 15.9 Å². The zero-order valence-corrected chi connectivity index (χ0v) is 16.0. The van der Waals surface area contributed by atoms with Crippen molar-refractivity contribution in [3.05, 3.63) is 94.0 Å². The van der Waals surface area contributed by atoms with Crippen LogP contribution in [0.25, 0.3) is 0 Å². The molecule has 0 spiro atoms. The summed E-state index contributed by atoms with van der Waals surface area (Å²) >= 11 is 0. The molecular formula is C20H16N2O6S. The zero-order chi connectivity index (χ0) is 21.0.